The van der Waals surface area contributed by atoms with Crippen LogP contribution in [0.1, 0.15) is 15.9 Å². The van der Waals surface area contributed by atoms with E-state index in [1.807, 2.05) is 0 Å². The van der Waals surface area contributed by atoms with Crippen molar-refractivity contribution in [3.05, 3.63) is 27.7 Å². The zero-order valence-corrected chi connectivity index (χ0v) is 10.6. The highest BCUT2D eigenvalue weighted by Gasteiger charge is 2.20. The SMILES string of the molecule is COC(=O)c1c(C[B]O)ccc(Br)c1OC. The molecule has 85 valence electrons. The third-order valence-corrected chi connectivity index (χ3v) is 2.73. The van der Waals surface area contributed by atoms with Crippen molar-refractivity contribution in [1.29, 1.82) is 0 Å². The first kappa shape index (κ1) is 13.1. The first-order valence-electron chi connectivity index (χ1n) is 4.55. The number of carbonyl (C=O) groups is 1. The van der Waals surface area contributed by atoms with E-state index < -0.39 is 5.97 Å². The fourth-order valence-corrected chi connectivity index (χ4v) is 1.88. The summed E-state index contributed by atoms with van der Waals surface area (Å²) >= 11 is 3.28. The Labute approximate surface area is 103 Å². The van der Waals surface area contributed by atoms with Crippen molar-refractivity contribution in [2.24, 2.45) is 0 Å². The molecule has 0 unspecified atom stereocenters. The van der Waals surface area contributed by atoms with Crippen molar-refractivity contribution < 1.29 is 19.3 Å². The molecule has 0 fully saturated rings. The number of benzene rings is 1. The topological polar surface area (TPSA) is 55.8 Å². The lowest BCUT2D eigenvalue weighted by molar-refractivity contribution is 0.0596. The normalized spacial score (nSPS) is 9.75. The summed E-state index contributed by atoms with van der Waals surface area (Å²) in [6, 6.07) is 3.48. The molecule has 0 spiro atoms. The van der Waals surface area contributed by atoms with E-state index in [4.69, 9.17) is 9.76 Å². The molecular formula is C10H11BBrO4. The Kier molecular flexibility index (Phi) is 4.83. The van der Waals surface area contributed by atoms with Crippen LogP contribution in [0.25, 0.3) is 0 Å². The minimum Gasteiger partial charge on any atom is -0.495 e. The zero-order valence-electron chi connectivity index (χ0n) is 8.99. The maximum Gasteiger partial charge on any atom is 0.341 e. The highest BCUT2D eigenvalue weighted by atomic mass is 79.9. The molecule has 1 aromatic carbocycles. The highest BCUT2D eigenvalue weighted by Crippen LogP contribution is 2.32. The van der Waals surface area contributed by atoms with Crippen molar-refractivity contribution in [3.8, 4) is 5.75 Å². The molecule has 0 amide bonds. The molecule has 0 aliphatic heterocycles. The molecule has 0 bridgehead atoms. The summed E-state index contributed by atoms with van der Waals surface area (Å²) in [5.41, 5.74) is 0.971. The summed E-state index contributed by atoms with van der Waals surface area (Å²) in [6.45, 7) is 0. The van der Waals surface area contributed by atoms with Crippen LogP contribution in [0, 0.1) is 0 Å². The summed E-state index contributed by atoms with van der Waals surface area (Å²) in [5.74, 6) is -0.0822. The van der Waals surface area contributed by atoms with Gasteiger partial charge in [0, 0.05) is 0 Å². The molecule has 1 N–H and O–H groups in total. The molecule has 6 heteroatoms. The number of ether oxygens (including phenoxy) is 2. The predicted octanol–water partition coefficient (Wildman–Crippen LogP) is 1.36. The van der Waals surface area contributed by atoms with Gasteiger partial charge in [-0.3, -0.25) is 0 Å². The van der Waals surface area contributed by atoms with Gasteiger partial charge < -0.3 is 14.5 Å². The monoisotopic (exact) mass is 285 g/mol. The molecule has 0 atom stereocenters. The van der Waals surface area contributed by atoms with E-state index in [0.717, 1.165) is 7.48 Å². The van der Waals surface area contributed by atoms with Crippen molar-refractivity contribution >= 4 is 29.4 Å². The summed E-state index contributed by atoms with van der Waals surface area (Å²) in [6.07, 6.45) is 0.258. The maximum absolute atomic E-state index is 11.6. The van der Waals surface area contributed by atoms with Gasteiger partial charge in [0.1, 0.15) is 11.3 Å². The van der Waals surface area contributed by atoms with E-state index in [1.165, 1.54) is 14.2 Å². The first-order chi connectivity index (χ1) is 7.65. The van der Waals surface area contributed by atoms with Gasteiger partial charge >= 0.3 is 5.97 Å². The molecule has 1 radical (unpaired) electrons. The van der Waals surface area contributed by atoms with Gasteiger partial charge in [-0.05, 0) is 33.9 Å². The smallest absolute Gasteiger partial charge is 0.341 e. The molecule has 0 aliphatic rings. The number of rotatable bonds is 4. The second-order valence-corrected chi connectivity index (χ2v) is 3.85. The summed E-state index contributed by atoms with van der Waals surface area (Å²) in [5, 5.41) is 8.80. The van der Waals surface area contributed by atoms with Crippen molar-refractivity contribution in [2.45, 2.75) is 6.32 Å². The fourth-order valence-electron chi connectivity index (χ4n) is 1.39. The lowest BCUT2D eigenvalue weighted by atomic mass is 9.87. The Morgan fingerprint density at radius 2 is 2.19 bits per heavy atom. The lowest BCUT2D eigenvalue weighted by Gasteiger charge is -2.12. The van der Waals surface area contributed by atoms with Gasteiger partial charge in [-0.2, -0.15) is 0 Å². The molecule has 0 heterocycles. The van der Waals surface area contributed by atoms with Crippen molar-refractivity contribution in [3.63, 3.8) is 0 Å². The van der Waals surface area contributed by atoms with Gasteiger partial charge in [0.05, 0.1) is 18.7 Å². The Bertz CT molecular complexity index is 395. The molecule has 0 aromatic heterocycles. The average Bonchev–Trinajstić information content (AvgIpc) is 2.30. The van der Waals surface area contributed by atoms with Crippen LogP contribution in [0.4, 0.5) is 0 Å². The molecule has 0 aliphatic carbocycles. The second kappa shape index (κ2) is 5.91. The van der Waals surface area contributed by atoms with Gasteiger partial charge in [-0.1, -0.05) is 6.07 Å². The number of esters is 1. The number of carbonyl (C=O) groups excluding carboxylic acids is 1. The van der Waals surface area contributed by atoms with Crippen LogP contribution in [0.5, 0.6) is 5.75 Å². The third-order valence-electron chi connectivity index (χ3n) is 2.10. The van der Waals surface area contributed by atoms with E-state index in [-0.39, 0.29) is 6.32 Å². The van der Waals surface area contributed by atoms with Crippen LogP contribution < -0.4 is 4.74 Å². The van der Waals surface area contributed by atoms with E-state index in [0.29, 0.717) is 21.3 Å². The van der Waals surface area contributed by atoms with Crippen LogP contribution in [-0.2, 0) is 11.1 Å². The molecule has 16 heavy (non-hydrogen) atoms. The quantitative estimate of drug-likeness (QED) is 0.670. The molecule has 0 saturated carbocycles. The van der Waals surface area contributed by atoms with Gasteiger partial charge in [0.2, 0.25) is 0 Å². The minimum atomic E-state index is -0.491. The number of hydrogen-bond donors (Lipinski definition) is 1. The first-order valence-corrected chi connectivity index (χ1v) is 5.34. The Morgan fingerprint density at radius 3 is 2.69 bits per heavy atom. The highest BCUT2D eigenvalue weighted by molar-refractivity contribution is 9.10. The second-order valence-electron chi connectivity index (χ2n) is 2.99. The van der Waals surface area contributed by atoms with Gasteiger partial charge in [-0.15, -0.1) is 0 Å². The van der Waals surface area contributed by atoms with Crippen LogP contribution in [0.2, 0.25) is 0 Å². The lowest BCUT2D eigenvalue weighted by Crippen LogP contribution is -2.10. The summed E-state index contributed by atoms with van der Waals surface area (Å²) in [4.78, 5) is 11.6. The Hall–Kier alpha value is -1.01. The Morgan fingerprint density at radius 1 is 1.50 bits per heavy atom. The van der Waals surface area contributed by atoms with E-state index in [9.17, 15) is 4.79 Å². The van der Waals surface area contributed by atoms with E-state index in [2.05, 4.69) is 20.7 Å². The van der Waals surface area contributed by atoms with E-state index in [1.54, 1.807) is 12.1 Å². The van der Waals surface area contributed by atoms with Gasteiger partial charge in [0.25, 0.3) is 7.48 Å². The van der Waals surface area contributed by atoms with Crippen molar-refractivity contribution in [1.82, 2.24) is 0 Å². The summed E-state index contributed by atoms with van der Waals surface area (Å²) in [7, 11) is 3.75. The largest absolute Gasteiger partial charge is 0.495 e. The number of methoxy groups -OCH3 is 2. The van der Waals surface area contributed by atoms with Crippen LogP contribution in [0.3, 0.4) is 0 Å². The third kappa shape index (κ3) is 2.57. The summed E-state index contributed by atoms with van der Waals surface area (Å²) < 4.78 is 10.5. The van der Waals surface area contributed by atoms with E-state index >= 15 is 0 Å². The molecule has 4 nitrogen and oxygen atoms in total. The van der Waals surface area contributed by atoms with Crippen LogP contribution in [-0.4, -0.2) is 32.7 Å². The van der Waals surface area contributed by atoms with Crippen LogP contribution >= 0.6 is 15.9 Å². The molecule has 0 saturated heterocycles. The van der Waals surface area contributed by atoms with Gasteiger partial charge in [-0.25, -0.2) is 4.79 Å². The zero-order chi connectivity index (χ0) is 12.1. The molecule has 1 aromatic rings. The Balaban J connectivity index is 3.34. The average molecular weight is 286 g/mol. The van der Waals surface area contributed by atoms with Crippen molar-refractivity contribution in [2.75, 3.05) is 14.2 Å². The number of hydrogen-bond acceptors (Lipinski definition) is 4. The maximum atomic E-state index is 11.6. The van der Waals surface area contributed by atoms with Gasteiger partial charge in [0.15, 0.2) is 0 Å². The fraction of sp³-hybridized carbons (Fsp3) is 0.300. The standard InChI is InChI=1S/C10H11BBrO4/c1-15-9-7(12)4-3-6(5-11-14)8(9)10(13)16-2/h3-4,14H,5H2,1-2H3. The molecule has 1 rings (SSSR count). The minimum absolute atomic E-state index is 0.258. The van der Waals surface area contributed by atoms with Crippen LogP contribution in [0.15, 0.2) is 16.6 Å². The number of halogens is 1. The molecular weight excluding hydrogens is 275 g/mol. The predicted molar refractivity (Wildman–Crippen MR) is 63.7 cm³/mol.